The lowest BCUT2D eigenvalue weighted by Gasteiger charge is -2.21. The van der Waals surface area contributed by atoms with Gasteiger partial charge in [0.05, 0.1) is 0 Å². The molecule has 0 bridgehead atoms. The number of nitrogens with one attached hydrogen (secondary N) is 2. The number of amides is 1. The van der Waals surface area contributed by atoms with Crippen LogP contribution in [0, 0.1) is 13.8 Å². The molecule has 1 aliphatic heterocycles. The third-order valence-corrected chi connectivity index (χ3v) is 4.22. The first-order valence-corrected chi connectivity index (χ1v) is 7.54. The van der Waals surface area contributed by atoms with Crippen molar-refractivity contribution in [2.75, 3.05) is 17.2 Å². The Morgan fingerprint density at radius 2 is 2.05 bits per heavy atom. The number of aromatic hydroxyl groups is 1. The number of anilines is 2. The lowest BCUT2D eigenvalue weighted by atomic mass is 9.97. The zero-order valence-corrected chi connectivity index (χ0v) is 12.9. The smallest absolute Gasteiger partial charge is 0.256 e. The van der Waals surface area contributed by atoms with Crippen LogP contribution in [0.4, 0.5) is 11.4 Å². The molecule has 2 aromatic carbocycles. The largest absolute Gasteiger partial charge is 0.507 e. The van der Waals surface area contributed by atoms with Crippen LogP contribution in [0.1, 0.15) is 33.5 Å². The number of phenolic OH excluding ortho intramolecular Hbond substituents is 1. The molecule has 0 spiro atoms. The van der Waals surface area contributed by atoms with E-state index >= 15 is 0 Å². The van der Waals surface area contributed by atoms with Gasteiger partial charge in [-0.15, -0.1) is 0 Å². The van der Waals surface area contributed by atoms with Gasteiger partial charge < -0.3 is 15.7 Å². The number of carbonyl (C=O) groups is 1. The summed E-state index contributed by atoms with van der Waals surface area (Å²) in [7, 11) is 0. The third-order valence-electron chi connectivity index (χ3n) is 4.22. The van der Waals surface area contributed by atoms with Gasteiger partial charge in [-0.2, -0.15) is 0 Å². The second kappa shape index (κ2) is 5.72. The fraction of sp³-hybridized carbons (Fsp3) is 0.278. The van der Waals surface area contributed by atoms with Gasteiger partial charge in [0.15, 0.2) is 0 Å². The molecule has 4 heteroatoms. The molecule has 0 unspecified atom stereocenters. The number of fused-ring (bicyclic) bond motifs is 1. The normalized spacial score (nSPS) is 13.2. The highest BCUT2D eigenvalue weighted by molar-refractivity contribution is 6.06. The molecule has 1 aliphatic rings. The van der Waals surface area contributed by atoms with Gasteiger partial charge in [-0.1, -0.05) is 12.1 Å². The molecule has 0 atom stereocenters. The Morgan fingerprint density at radius 3 is 2.86 bits per heavy atom. The lowest BCUT2D eigenvalue weighted by Crippen LogP contribution is -2.19. The predicted molar refractivity (Wildman–Crippen MR) is 88.8 cm³/mol. The number of hydrogen-bond donors (Lipinski definition) is 3. The van der Waals surface area contributed by atoms with Gasteiger partial charge in [-0.25, -0.2) is 0 Å². The van der Waals surface area contributed by atoms with Crippen molar-refractivity contribution in [1.29, 1.82) is 0 Å². The SMILES string of the molecule is Cc1ccc(NC(=O)c2cccc3c2CCCN3)c(C)c1O. The van der Waals surface area contributed by atoms with E-state index in [0.717, 1.165) is 36.2 Å². The average molecular weight is 296 g/mol. The molecular weight excluding hydrogens is 276 g/mol. The highest BCUT2D eigenvalue weighted by Crippen LogP contribution is 2.30. The van der Waals surface area contributed by atoms with E-state index < -0.39 is 0 Å². The Labute approximate surface area is 130 Å². The van der Waals surface area contributed by atoms with Crippen LogP contribution in [0.2, 0.25) is 0 Å². The summed E-state index contributed by atoms with van der Waals surface area (Å²) in [5.41, 5.74) is 4.95. The standard InChI is InChI=1S/C18H20N2O2/c1-11-8-9-15(12(2)17(11)21)20-18(22)14-5-3-7-16-13(14)6-4-10-19-16/h3,5,7-9,19,21H,4,6,10H2,1-2H3,(H,20,22). The molecular formula is C18H20N2O2. The van der Waals surface area contributed by atoms with Gasteiger partial charge in [0.2, 0.25) is 0 Å². The lowest BCUT2D eigenvalue weighted by molar-refractivity contribution is 0.102. The van der Waals surface area contributed by atoms with Gasteiger partial charge in [0.1, 0.15) is 5.75 Å². The summed E-state index contributed by atoms with van der Waals surface area (Å²) in [5.74, 6) is 0.0986. The number of aryl methyl sites for hydroxylation is 1. The summed E-state index contributed by atoms with van der Waals surface area (Å²) in [6.45, 7) is 4.59. The number of carbonyl (C=O) groups excluding carboxylic acids is 1. The number of rotatable bonds is 2. The Hall–Kier alpha value is -2.49. The molecule has 0 saturated carbocycles. The van der Waals surface area contributed by atoms with Gasteiger partial charge in [0, 0.05) is 29.0 Å². The van der Waals surface area contributed by atoms with E-state index in [4.69, 9.17) is 0 Å². The molecule has 0 fully saturated rings. The summed E-state index contributed by atoms with van der Waals surface area (Å²) in [6, 6.07) is 9.39. The molecule has 0 radical (unpaired) electrons. The monoisotopic (exact) mass is 296 g/mol. The van der Waals surface area contributed by atoms with E-state index in [1.165, 1.54) is 0 Å². The van der Waals surface area contributed by atoms with Crippen molar-refractivity contribution in [1.82, 2.24) is 0 Å². The molecule has 22 heavy (non-hydrogen) atoms. The van der Waals surface area contributed by atoms with Crippen LogP contribution >= 0.6 is 0 Å². The van der Waals surface area contributed by atoms with Crippen LogP contribution < -0.4 is 10.6 Å². The molecule has 1 heterocycles. The maximum atomic E-state index is 12.6. The van der Waals surface area contributed by atoms with Crippen LogP contribution in [0.3, 0.4) is 0 Å². The average Bonchev–Trinajstić information content (AvgIpc) is 2.55. The summed E-state index contributed by atoms with van der Waals surface area (Å²) < 4.78 is 0. The van der Waals surface area contributed by atoms with Crippen molar-refractivity contribution in [2.45, 2.75) is 26.7 Å². The second-order valence-electron chi connectivity index (χ2n) is 5.72. The summed E-state index contributed by atoms with van der Waals surface area (Å²) in [6.07, 6.45) is 1.94. The zero-order valence-electron chi connectivity index (χ0n) is 12.9. The molecule has 0 aromatic heterocycles. The van der Waals surface area contributed by atoms with E-state index in [0.29, 0.717) is 16.8 Å². The number of benzene rings is 2. The van der Waals surface area contributed by atoms with Crippen LogP contribution in [0.5, 0.6) is 5.75 Å². The Bertz CT molecular complexity index is 738. The van der Waals surface area contributed by atoms with E-state index in [9.17, 15) is 9.90 Å². The quantitative estimate of drug-likeness (QED) is 0.793. The predicted octanol–water partition coefficient (Wildman–Crippen LogP) is 3.62. The summed E-state index contributed by atoms with van der Waals surface area (Å²) in [5, 5.41) is 16.2. The van der Waals surface area contributed by atoms with E-state index in [1.54, 1.807) is 13.0 Å². The zero-order chi connectivity index (χ0) is 15.7. The van der Waals surface area contributed by atoms with E-state index in [2.05, 4.69) is 10.6 Å². The molecule has 3 N–H and O–H groups in total. The number of phenols is 1. The van der Waals surface area contributed by atoms with E-state index in [-0.39, 0.29) is 11.7 Å². The highest BCUT2D eigenvalue weighted by atomic mass is 16.3. The minimum Gasteiger partial charge on any atom is -0.507 e. The first kappa shape index (κ1) is 14.4. The van der Waals surface area contributed by atoms with Crippen molar-refractivity contribution in [3.8, 4) is 5.75 Å². The molecule has 114 valence electrons. The minimum absolute atomic E-state index is 0.132. The Kier molecular flexibility index (Phi) is 3.75. The van der Waals surface area contributed by atoms with Gasteiger partial charge in [-0.3, -0.25) is 4.79 Å². The Balaban J connectivity index is 1.91. The van der Waals surface area contributed by atoms with Crippen LogP contribution in [-0.4, -0.2) is 17.6 Å². The van der Waals surface area contributed by atoms with Crippen molar-refractivity contribution < 1.29 is 9.90 Å². The summed E-state index contributed by atoms with van der Waals surface area (Å²) in [4.78, 5) is 12.6. The highest BCUT2D eigenvalue weighted by Gasteiger charge is 2.18. The fourth-order valence-electron chi connectivity index (χ4n) is 2.88. The molecule has 3 rings (SSSR count). The van der Waals surface area contributed by atoms with Crippen molar-refractivity contribution in [3.05, 3.63) is 52.6 Å². The number of hydrogen-bond acceptors (Lipinski definition) is 3. The second-order valence-corrected chi connectivity index (χ2v) is 5.72. The Morgan fingerprint density at radius 1 is 1.23 bits per heavy atom. The third kappa shape index (κ3) is 2.52. The summed E-state index contributed by atoms with van der Waals surface area (Å²) >= 11 is 0. The molecule has 2 aromatic rings. The molecule has 4 nitrogen and oxygen atoms in total. The van der Waals surface area contributed by atoms with Gasteiger partial charge in [0.25, 0.3) is 5.91 Å². The molecule has 0 saturated heterocycles. The van der Waals surface area contributed by atoms with Crippen molar-refractivity contribution >= 4 is 17.3 Å². The van der Waals surface area contributed by atoms with Gasteiger partial charge in [-0.05, 0) is 56.0 Å². The fourth-order valence-corrected chi connectivity index (χ4v) is 2.88. The molecule has 1 amide bonds. The topological polar surface area (TPSA) is 61.4 Å². The first-order valence-electron chi connectivity index (χ1n) is 7.54. The van der Waals surface area contributed by atoms with Crippen molar-refractivity contribution in [2.24, 2.45) is 0 Å². The van der Waals surface area contributed by atoms with Crippen LogP contribution in [0.15, 0.2) is 30.3 Å². The maximum absolute atomic E-state index is 12.6. The van der Waals surface area contributed by atoms with Crippen molar-refractivity contribution in [3.63, 3.8) is 0 Å². The van der Waals surface area contributed by atoms with Crippen LogP contribution in [0.25, 0.3) is 0 Å². The minimum atomic E-state index is -0.132. The van der Waals surface area contributed by atoms with E-state index in [1.807, 2.05) is 31.2 Å². The maximum Gasteiger partial charge on any atom is 0.256 e. The van der Waals surface area contributed by atoms with Gasteiger partial charge >= 0.3 is 0 Å². The first-order chi connectivity index (χ1) is 10.6. The van der Waals surface area contributed by atoms with Crippen LogP contribution in [-0.2, 0) is 6.42 Å². The molecule has 0 aliphatic carbocycles.